The molecule has 0 saturated carbocycles. The van der Waals surface area contributed by atoms with Gasteiger partial charge < -0.3 is 10.4 Å². The monoisotopic (exact) mass is 305 g/mol. The van der Waals surface area contributed by atoms with Crippen LogP contribution in [-0.4, -0.2) is 17.6 Å². The van der Waals surface area contributed by atoms with E-state index >= 15 is 0 Å². The molecular weight excluding hydrogens is 289 g/mol. The van der Waals surface area contributed by atoms with E-state index in [1.807, 2.05) is 17.5 Å². The number of thiophene rings is 1. The number of halogens is 1. The summed E-state index contributed by atoms with van der Waals surface area (Å²) in [7, 11) is 0. The average Bonchev–Trinajstić information content (AvgIpc) is 2.98. The molecule has 1 unspecified atom stereocenters. The van der Waals surface area contributed by atoms with Crippen molar-refractivity contribution in [1.82, 2.24) is 5.32 Å². The highest BCUT2D eigenvalue weighted by Crippen LogP contribution is 2.24. The van der Waals surface area contributed by atoms with Crippen molar-refractivity contribution in [3.05, 3.63) is 64.1 Å². The fourth-order valence-corrected chi connectivity index (χ4v) is 2.56. The standard InChI is InChI=1S/C16H16FNO2S/c1-16(20,14-6-3-9-21-14)11-18-15(19)8-7-12-4-2-5-13(17)10-12/h2-10,20H,11H2,1H3,(H,18,19)/b8-7+. The lowest BCUT2D eigenvalue weighted by molar-refractivity contribution is -0.117. The number of benzene rings is 1. The van der Waals surface area contributed by atoms with Crippen LogP contribution in [0.1, 0.15) is 17.4 Å². The van der Waals surface area contributed by atoms with Gasteiger partial charge in [0, 0.05) is 11.0 Å². The Hall–Kier alpha value is -1.98. The second-order valence-corrected chi connectivity index (χ2v) is 5.80. The SMILES string of the molecule is CC(O)(CNC(=O)/C=C/c1cccc(F)c1)c1cccs1. The van der Waals surface area contributed by atoms with E-state index in [4.69, 9.17) is 0 Å². The van der Waals surface area contributed by atoms with Crippen molar-refractivity contribution in [3.8, 4) is 0 Å². The molecule has 0 saturated heterocycles. The molecule has 110 valence electrons. The Morgan fingerprint density at radius 2 is 2.24 bits per heavy atom. The Balaban J connectivity index is 1.90. The molecule has 21 heavy (non-hydrogen) atoms. The zero-order chi connectivity index (χ0) is 15.3. The molecule has 0 fully saturated rings. The average molecular weight is 305 g/mol. The highest BCUT2D eigenvalue weighted by atomic mass is 32.1. The second-order valence-electron chi connectivity index (χ2n) is 4.86. The van der Waals surface area contributed by atoms with Crippen molar-refractivity contribution in [2.75, 3.05) is 6.54 Å². The zero-order valence-electron chi connectivity index (χ0n) is 11.5. The third-order valence-corrected chi connectivity index (χ3v) is 4.06. The summed E-state index contributed by atoms with van der Waals surface area (Å²) in [6, 6.07) is 9.63. The minimum absolute atomic E-state index is 0.111. The number of hydrogen-bond acceptors (Lipinski definition) is 3. The van der Waals surface area contributed by atoms with E-state index in [0.717, 1.165) is 4.88 Å². The molecule has 0 aliphatic carbocycles. The predicted octanol–water partition coefficient (Wildman–Crippen LogP) is 2.92. The lowest BCUT2D eigenvalue weighted by Crippen LogP contribution is -2.37. The highest BCUT2D eigenvalue weighted by Gasteiger charge is 2.24. The minimum Gasteiger partial charge on any atom is -0.383 e. The van der Waals surface area contributed by atoms with Crippen molar-refractivity contribution in [3.63, 3.8) is 0 Å². The van der Waals surface area contributed by atoms with Crippen LogP contribution in [-0.2, 0) is 10.4 Å². The van der Waals surface area contributed by atoms with Gasteiger partial charge in [0.15, 0.2) is 0 Å². The third-order valence-electron chi connectivity index (χ3n) is 2.93. The summed E-state index contributed by atoms with van der Waals surface area (Å²) in [6.07, 6.45) is 2.84. The predicted molar refractivity (Wildman–Crippen MR) is 82.3 cm³/mol. The lowest BCUT2D eigenvalue weighted by Gasteiger charge is -2.21. The highest BCUT2D eigenvalue weighted by molar-refractivity contribution is 7.10. The van der Waals surface area contributed by atoms with Crippen LogP contribution in [0.2, 0.25) is 0 Å². The topological polar surface area (TPSA) is 49.3 Å². The van der Waals surface area contributed by atoms with Gasteiger partial charge in [-0.1, -0.05) is 18.2 Å². The molecule has 2 rings (SSSR count). The van der Waals surface area contributed by atoms with Crippen molar-refractivity contribution in [1.29, 1.82) is 0 Å². The maximum absolute atomic E-state index is 13.0. The third kappa shape index (κ3) is 4.51. The minimum atomic E-state index is -1.10. The van der Waals surface area contributed by atoms with E-state index in [0.29, 0.717) is 5.56 Å². The van der Waals surface area contributed by atoms with E-state index in [-0.39, 0.29) is 18.3 Å². The number of carbonyl (C=O) groups excluding carboxylic acids is 1. The first-order valence-electron chi connectivity index (χ1n) is 6.45. The largest absolute Gasteiger partial charge is 0.383 e. The van der Waals surface area contributed by atoms with Gasteiger partial charge in [-0.2, -0.15) is 0 Å². The van der Waals surface area contributed by atoms with Crippen LogP contribution in [0.25, 0.3) is 6.08 Å². The Morgan fingerprint density at radius 3 is 2.90 bits per heavy atom. The van der Waals surface area contributed by atoms with Gasteiger partial charge in [-0.15, -0.1) is 11.3 Å². The summed E-state index contributed by atoms with van der Waals surface area (Å²) in [6.45, 7) is 1.76. The molecular formula is C16H16FNO2S. The van der Waals surface area contributed by atoms with Crippen LogP contribution in [0.5, 0.6) is 0 Å². The molecule has 2 aromatic rings. The maximum Gasteiger partial charge on any atom is 0.244 e. The summed E-state index contributed by atoms with van der Waals surface area (Å²) in [5.41, 5.74) is -0.494. The van der Waals surface area contributed by atoms with Crippen molar-refractivity contribution in [2.45, 2.75) is 12.5 Å². The Kier molecular flexibility index (Phi) is 4.88. The van der Waals surface area contributed by atoms with Crippen LogP contribution in [0.15, 0.2) is 47.9 Å². The molecule has 2 N–H and O–H groups in total. The van der Waals surface area contributed by atoms with Gasteiger partial charge in [0.1, 0.15) is 11.4 Å². The molecule has 1 heterocycles. The maximum atomic E-state index is 13.0. The first-order chi connectivity index (χ1) is 9.97. The summed E-state index contributed by atoms with van der Waals surface area (Å²) < 4.78 is 13.0. The number of hydrogen-bond donors (Lipinski definition) is 2. The molecule has 0 aliphatic rings. The quantitative estimate of drug-likeness (QED) is 0.835. The van der Waals surface area contributed by atoms with Gasteiger partial charge >= 0.3 is 0 Å². The molecule has 1 aromatic carbocycles. The van der Waals surface area contributed by atoms with Gasteiger partial charge in [0.2, 0.25) is 5.91 Å². The van der Waals surface area contributed by atoms with Crippen molar-refractivity contribution < 1.29 is 14.3 Å². The lowest BCUT2D eigenvalue weighted by atomic mass is 10.1. The molecule has 3 nitrogen and oxygen atoms in total. The molecule has 0 radical (unpaired) electrons. The van der Waals surface area contributed by atoms with E-state index < -0.39 is 5.60 Å². The second kappa shape index (κ2) is 6.65. The van der Waals surface area contributed by atoms with Crippen molar-refractivity contribution in [2.24, 2.45) is 0 Å². The smallest absolute Gasteiger partial charge is 0.244 e. The van der Waals surface area contributed by atoms with Crippen LogP contribution < -0.4 is 5.32 Å². The van der Waals surface area contributed by atoms with E-state index in [1.165, 1.54) is 35.6 Å². The van der Waals surface area contributed by atoms with Gasteiger partial charge in [0.05, 0.1) is 6.54 Å². The van der Waals surface area contributed by atoms with E-state index in [1.54, 1.807) is 19.1 Å². The van der Waals surface area contributed by atoms with Gasteiger partial charge in [-0.3, -0.25) is 4.79 Å². The zero-order valence-corrected chi connectivity index (χ0v) is 12.4. The molecule has 5 heteroatoms. The molecule has 1 atom stereocenters. The summed E-state index contributed by atoms with van der Waals surface area (Å²) in [5, 5.41) is 14.8. The summed E-state index contributed by atoms with van der Waals surface area (Å²) in [4.78, 5) is 12.5. The Bertz CT molecular complexity index is 635. The normalized spacial score (nSPS) is 14.0. The van der Waals surface area contributed by atoms with E-state index in [9.17, 15) is 14.3 Å². The number of rotatable bonds is 5. The first-order valence-corrected chi connectivity index (χ1v) is 7.33. The summed E-state index contributed by atoms with van der Waals surface area (Å²) in [5.74, 6) is -0.686. The van der Waals surface area contributed by atoms with Crippen LogP contribution in [0.3, 0.4) is 0 Å². The van der Waals surface area contributed by atoms with Gasteiger partial charge in [0.25, 0.3) is 0 Å². The molecule has 1 amide bonds. The summed E-state index contributed by atoms with van der Waals surface area (Å²) >= 11 is 1.43. The van der Waals surface area contributed by atoms with E-state index in [2.05, 4.69) is 5.32 Å². The molecule has 1 aromatic heterocycles. The van der Waals surface area contributed by atoms with Gasteiger partial charge in [-0.05, 0) is 42.1 Å². The molecule has 0 bridgehead atoms. The molecule has 0 aliphatic heterocycles. The number of amides is 1. The Morgan fingerprint density at radius 1 is 1.43 bits per heavy atom. The number of carbonyl (C=O) groups is 1. The van der Waals surface area contributed by atoms with Crippen molar-refractivity contribution >= 4 is 23.3 Å². The molecule has 0 spiro atoms. The van der Waals surface area contributed by atoms with Gasteiger partial charge in [-0.25, -0.2) is 4.39 Å². The first kappa shape index (κ1) is 15.4. The van der Waals surface area contributed by atoms with Crippen LogP contribution >= 0.6 is 11.3 Å². The Labute approximate surface area is 126 Å². The van der Waals surface area contributed by atoms with Crippen LogP contribution in [0, 0.1) is 5.82 Å². The van der Waals surface area contributed by atoms with Crippen LogP contribution in [0.4, 0.5) is 4.39 Å². The fourth-order valence-electron chi connectivity index (χ4n) is 1.77. The fraction of sp³-hybridized carbons (Fsp3) is 0.188. The number of nitrogens with one attached hydrogen (secondary N) is 1. The number of aliphatic hydroxyl groups is 1.